The molecule has 1 atom stereocenters. The summed E-state index contributed by atoms with van der Waals surface area (Å²) in [5.41, 5.74) is 14.0. The number of carbonyl (C=O) groups excluding carboxylic acids is 1. The second-order valence-electron chi connectivity index (χ2n) is 8.22. The van der Waals surface area contributed by atoms with E-state index < -0.39 is 0 Å². The lowest BCUT2D eigenvalue weighted by atomic mass is 9.85. The fourth-order valence-electron chi connectivity index (χ4n) is 3.28. The summed E-state index contributed by atoms with van der Waals surface area (Å²) in [7, 11) is 0. The summed E-state index contributed by atoms with van der Waals surface area (Å²) in [5, 5.41) is 12.9. The van der Waals surface area contributed by atoms with Gasteiger partial charge in [-0.3, -0.25) is 4.79 Å². The van der Waals surface area contributed by atoms with Gasteiger partial charge >= 0.3 is 0 Å². The van der Waals surface area contributed by atoms with Crippen LogP contribution in [0.1, 0.15) is 60.7 Å². The lowest BCUT2D eigenvalue weighted by Crippen LogP contribution is -2.28. The van der Waals surface area contributed by atoms with E-state index in [1.807, 2.05) is 25.3 Å². The van der Waals surface area contributed by atoms with Gasteiger partial charge in [0.05, 0.1) is 12.6 Å². The Morgan fingerprint density at radius 1 is 1.34 bits per heavy atom. The van der Waals surface area contributed by atoms with Gasteiger partial charge in [-0.2, -0.15) is 0 Å². The lowest BCUT2D eigenvalue weighted by Gasteiger charge is -2.23. The number of carbonyl (C=O) groups is 1. The maximum Gasteiger partial charge on any atom is 0.251 e. The molecule has 6 N–H and O–H groups in total. The van der Waals surface area contributed by atoms with Crippen LogP contribution in [0.25, 0.3) is 10.6 Å². The van der Waals surface area contributed by atoms with Crippen LogP contribution in [0.4, 0.5) is 0 Å². The number of rotatable bonds is 10. The maximum atomic E-state index is 12.9. The smallest absolute Gasteiger partial charge is 0.251 e. The van der Waals surface area contributed by atoms with Crippen LogP contribution in [0, 0.1) is 0 Å². The summed E-state index contributed by atoms with van der Waals surface area (Å²) in [6, 6.07) is 5.43. The van der Waals surface area contributed by atoms with Crippen LogP contribution >= 0.6 is 11.3 Å². The van der Waals surface area contributed by atoms with E-state index in [1.54, 1.807) is 36.5 Å². The molecule has 1 aliphatic carbocycles. The molecule has 1 aromatic carbocycles. The predicted octanol–water partition coefficient (Wildman–Crippen LogP) is 3.66. The van der Waals surface area contributed by atoms with Crippen molar-refractivity contribution in [3.63, 3.8) is 0 Å². The molecule has 32 heavy (non-hydrogen) atoms. The van der Waals surface area contributed by atoms with Crippen LogP contribution in [0.5, 0.6) is 5.75 Å². The first kappa shape index (κ1) is 23.8. The van der Waals surface area contributed by atoms with Crippen molar-refractivity contribution in [2.24, 2.45) is 11.5 Å². The normalized spacial score (nSPS) is 15.8. The third-order valence-electron chi connectivity index (χ3n) is 5.33. The number of hydrogen-bond donors (Lipinski definition) is 4. The lowest BCUT2D eigenvalue weighted by molar-refractivity contribution is 0.0955. The molecule has 8 heteroatoms. The molecule has 0 saturated heterocycles. The maximum absolute atomic E-state index is 12.9. The summed E-state index contributed by atoms with van der Waals surface area (Å²) in [5.74, 6) is 0.917. The number of nitrogens with zero attached hydrogens (tertiary/aromatic N) is 1. The second kappa shape index (κ2) is 11.2. The Labute approximate surface area is 193 Å². The van der Waals surface area contributed by atoms with E-state index in [9.17, 15) is 9.90 Å². The number of aliphatic hydroxyl groups excluding tert-OH is 1. The van der Waals surface area contributed by atoms with E-state index in [0.29, 0.717) is 35.0 Å². The molecule has 2 aromatic rings. The van der Waals surface area contributed by atoms with Crippen LogP contribution in [-0.4, -0.2) is 35.3 Å². The highest BCUT2D eigenvalue weighted by Gasteiger charge is 2.22. The number of hydrogen-bond acceptors (Lipinski definition) is 7. The number of aliphatic hydroxyl groups is 1. The number of ether oxygens (including phenoxy) is 1. The molecule has 1 aromatic heterocycles. The highest BCUT2D eigenvalue weighted by Crippen LogP contribution is 2.41. The van der Waals surface area contributed by atoms with Crippen molar-refractivity contribution in [2.45, 2.75) is 51.6 Å². The Morgan fingerprint density at radius 2 is 2.12 bits per heavy atom. The molecular formula is C24H32N4O3S. The zero-order valence-corrected chi connectivity index (χ0v) is 19.5. The van der Waals surface area contributed by atoms with Crippen molar-refractivity contribution in [3.8, 4) is 16.3 Å². The fraction of sp³-hybridized carbons (Fsp3) is 0.417. The van der Waals surface area contributed by atoms with Crippen LogP contribution in [0.15, 0.2) is 47.9 Å². The number of allylic oxidation sites excluding steroid dienone is 3. The van der Waals surface area contributed by atoms with Crippen molar-refractivity contribution < 1.29 is 14.6 Å². The number of benzene rings is 1. The first-order valence-electron chi connectivity index (χ1n) is 10.9. The monoisotopic (exact) mass is 456 g/mol. The van der Waals surface area contributed by atoms with Gasteiger partial charge in [-0.25, -0.2) is 4.98 Å². The largest absolute Gasteiger partial charge is 0.491 e. The standard InChI is InChI=1S/C24H32N4O3S/c1-15(25)6-7-20(26)13-27-23(30)18-10-19(12-21(11-18)31-16(2)8-9-29)24-28-14-22(32-24)17-4-3-5-17/h6-7,10-12,14,16-17,29H,3-5,8-9,13,25-26H2,1-2H3,(H,27,30)/b15-6-,20-7-/t16-/m1/s1. The Morgan fingerprint density at radius 3 is 2.78 bits per heavy atom. The fourth-order valence-corrected chi connectivity index (χ4v) is 4.35. The van der Waals surface area contributed by atoms with Gasteiger partial charge in [0.15, 0.2) is 0 Å². The van der Waals surface area contributed by atoms with Gasteiger partial charge < -0.3 is 26.6 Å². The Bertz CT molecular complexity index is 991. The molecule has 1 heterocycles. The molecule has 7 nitrogen and oxygen atoms in total. The summed E-state index contributed by atoms with van der Waals surface area (Å²) < 4.78 is 5.96. The number of aromatic nitrogens is 1. The molecule has 0 aliphatic heterocycles. The molecule has 0 bridgehead atoms. The molecule has 172 valence electrons. The SMILES string of the molecule is C/C(N)=C/C=C(\N)CNC(=O)c1cc(O[C@H](C)CCO)cc(-c2ncc(C3CCC3)s2)c1. The summed E-state index contributed by atoms with van der Waals surface area (Å²) in [4.78, 5) is 18.8. The average Bonchev–Trinajstić information content (AvgIpc) is 3.18. The summed E-state index contributed by atoms with van der Waals surface area (Å²) >= 11 is 1.67. The van der Waals surface area contributed by atoms with Gasteiger partial charge in [0.25, 0.3) is 5.91 Å². The number of thiazole rings is 1. The minimum atomic E-state index is -0.257. The molecule has 1 fully saturated rings. The van der Waals surface area contributed by atoms with E-state index in [1.165, 1.54) is 24.1 Å². The third-order valence-corrected chi connectivity index (χ3v) is 6.54. The molecule has 1 saturated carbocycles. The van der Waals surface area contributed by atoms with Gasteiger partial charge in [0.1, 0.15) is 10.8 Å². The van der Waals surface area contributed by atoms with Crippen LogP contribution in [0.3, 0.4) is 0 Å². The first-order valence-corrected chi connectivity index (χ1v) is 11.7. The van der Waals surface area contributed by atoms with Crippen molar-refractivity contribution >= 4 is 17.2 Å². The van der Waals surface area contributed by atoms with Gasteiger partial charge in [-0.05, 0) is 63.0 Å². The van der Waals surface area contributed by atoms with Crippen molar-refractivity contribution in [1.29, 1.82) is 0 Å². The van der Waals surface area contributed by atoms with Crippen molar-refractivity contribution in [3.05, 3.63) is 58.4 Å². The molecular weight excluding hydrogens is 424 g/mol. The second-order valence-corrected chi connectivity index (χ2v) is 9.28. The molecule has 1 amide bonds. The molecule has 3 rings (SSSR count). The summed E-state index contributed by atoms with van der Waals surface area (Å²) in [6.07, 6.45) is 9.34. The number of nitrogens with two attached hydrogens (primary N) is 2. The predicted molar refractivity (Wildman–Crippen MR) is 128 cm³/mol. The Hall–Kier alpha value is -2.84. The van der Waals surface area contributed by atoms with Gasteiger partial charge in [-0.1, -0.05) is 6.42 Å². The number of nitrogens with one attached hydrogen (secondary N) is 1. The van der Waals surface area contributed by atoms with E-state index in [2.05, 4.69) is 10.3 Å². The molecule has 0 radical (unpaired) electrons. The van der Waals surface area contributed by atoms with Crippen LogP contribution < -0.4 is 21.5 Å². The van der Waals surface area contributed by atoms with E-state index >= 15 is 0 Å². The topological polar surface area (TPSA) is 123 Å². The van der Waals surface area contributed by atoms with Crippen LogP contribution in [-0.2, 0) is 0 Å². The zero-order valence-electron chi connectivity index (χ0n) is 18.6. The van der Waals surface area contributed by atoms with Crippen LogP contribution in [0.2, 0.25) is 0 Å². The minimum Gasteiger partial charge on any atom is -0.491 e. The van der Waals surface area contributed by atoms with E-state index in [-0.39, 0.29) is 25.2 Å². The zero-order chi connectivity index (χ0) is 23.1. The van der Waals surface area contributed by atoms with E-state index in [0.717, 1.165) is 10.6 Å². The highest BCUT2D eigenvalue weighted by molar-refractivity contribution is 7.15. The van der Waals surface area contributed by atoms with Crippen molar-refractivity contribution in [1.82, 2.24) is 10.3 Å². The van der Waals surface area contributed by atoms with E-state index in [4.69, 9.17) is 16.2 Å². The molecule has 0 unspecified atom stereocenters. The first-order chi connectivity index (χ1) is 15.4. The van der Waals surface area contributed by atoms with Gasteiger partial charge in [0.2, 0.25) is 0 Å². The minimum absolute atomic E-state index is 0.0355. The highest BCUT2D eigenvalue weighted by atomic mass is 32.1. The average molecular weight is 457 g/mol. The third kappa shape index (κ3) is 6.58. The van der Waals surface area contributed by atoms with Gasteiger partial charge in [0, 0.05) is 46.6 Å². The van der Waals surface area contributed by atoms with Gasteiger partial charge in [-0.15, -0.1) is 11.3 Å². The quantitative estimate of drug-likeness (QED) is 0.405. The molecule has 1 aliphatic rings. The van der Waals surface area contributed by atoms with Crippen molar-refractivity contribution in [2.75, 3.05) is 13.2 Å². The Balaban J connectivity index is 1.82. The number of amides is 1. The summed E-state index contributed by atoms with van der Waals surface area (Å²) in [6.45, 7) is 3.89. The molecule has 0 spiro atoms. The Kier molecular flexibility index (Phi) is 8.30.